The van der Waals surface area contributed by atoms with E-state index in [2.05, 4.69) is 32.9 Å². The van der Waals surface area contributed by atoms with E-state index in [9.17, 15) is 13.9 Å². The number of imidazole rings is 1. The molecule has 0 saturated carbocycles. The van der Waals surface area contributed by atoms with Crippen molar-refractivity contribution in [3.8, 4) is 11.6 Å². The van der Waals surface area contributed by atoms with Crippen LogP contribution in [0.3, 0.4) is 0 Å². The summed E-state index contributed by atoms with van der Waals surface area (Å²) in [5.41, 5.74) is 7.54. The van der Waals surface area contributed by atoms with E-state index in [0.717, 1.165) is 18.7 Å². The van der Waals surface area contributed by atoms with Gasteiger partial charge in [0.25, 0.3) is 5.91 Å². The van der Waals surface area contributed by atoms with Crippen LogP contribution < -0.4 is 15.2 Å². The monoisotopic (exact) mass is 525 g/mol. The van der Waals surface area contributed by atoms with E-state index in [1.807, 2.05) is 21.7 Å². The molecule has 12 heteroatoms. The number of nitrogens with two attached hydrogens (primary N) is 1. The number of fused-ring (bicyclic) bond motifs is 1. The molecule has 0 spiro atoms. The summed E-state index contributed by atoms with van der Waals surface area (Å²) < 4.78 is 34.1. The Labute approximate surface area is 217 Å². The van der Waals surface area contributed by atoms with Crippen LogP contribution in [0.15, 0.2) is 53.3 Å². The molecule has 1 atom stereocenters. The Morgan fingerprint density at radius 1 is 1.27 bits per heavy atom. The van der Waals surface area contributed by atoms with Gasteiger partial charge in [0, 0.05) is 49.1 Å². The lowest BCUT2D eigenvalue weighted by Crippen LogP contribution is -2.41. The molecule has 5 rings (SSSR count). The second-order valence-electron chi connectivity index (χ2n) is 9.56. The number of pyridine rings is 1. The summed E-state index contributed by atoms with van der Waals surface area (Å²) in [6, 6.07) is 8.76. The average Bonchev–Trinajstić information content (AvgIpc) is 3.37. The van der Waals surface area contributed by atoms with E-state index in [1.165, 1.54) is 0 Å². The highest BCUT2D eigenvalue weighted by Crippen LogP contribution is 2.46. The predicted molar refractivity (Wildman–Crippen MR) is 143 cm³/mol. The average molecular weight is 526 g/mol. The van der Waals surface area contributed by atoms with Crippen LogP contribution in [0.2, 0.25) is 0 Å². The Hall–Kier alpha value is -3.61. The quantitative estimate of drug-likeness (QED) is 0.376. The SMILES string of the molecule is CC(C)c1nccn1-c1cc(C(=O)N2CCC[C@H](COc3cccc4c3C(N)=NS(O)(O)N4)C2)ccn1. The summed E-state index contributed by atoms with van der Waals surface area (Å²) >= 11 is 0. The molecule has 2 aliphatic rings. The number of aromatic nitrogens is 3. The third-order valence-corrected chi connectivity index (χ3v) is 7.41. The molecule has 0 bridgehead atoms. The van der Waals surface area contributed by atoms with Crippen molar-refractivity contribution >= 4 is 28.4 Å². The van der Waals surface area contributed by atoms with Crippen LogP contribution in [0.4, 0.5) is 5.69 Å². The van der Waals surface area contributed by atoms with Crippen molar-refractivity contribution < 1.29 is 18.6 Å². The Bertz CT molecular complexity index is 1340. The zero-order valence-electron chi connectivity index (χ0n) is 20.7. The number of nitrogens with one attached hydrogen (secondary N) is 1. The number of ether oxygens (including phenoxy) is 1. The highest BCUT2D eigenvalue weighted by Gasteiger charge is 2.28. The summed E-state index contributed by atoms with van der Waals surface area (Å²) in [7, 11) is -3.36. The maximum absolute atomic E-state index is 13.4. The van der Waals surface area contributed by atoms with Gasteiger partial charge < -0.3 is 15.4 Å². The van der Waals surface area contributed by atoms with Crippen molar-refractivity contribution in [1.82, 2.24) is 19.4 Å². The molecule has 37 heavy (non-hydrogen) atoms. The molecule has 5 N–H and O–H groups in total. The first kappa shape index (κ1) is 25.1. The fourth-order valence-corrected chi connectivity index (χ4v) is 5.62. The Balaban J connectivity index is 1.27. The van der Waals surface area contributed by atoms with Crippen molar-refractivity contribution in [3.63, 3.8) is 0 Å². The van der Waals surface area contributed by atoms with Crippen molar-refractivity contribution in [1.29, 1.82) is 0 Å². The molecular weight excluding hydrogens is 494 g/mol. The lowest BCUT2D eigenvalue weighted by molar-refractivity contribution is 0.0633. The largest absolute Gasteiger partial charge is 0.492 e. The first-order chi connectivity index (χ1) is 17.7. The van der Waals surface area contributed by atoms with Gasteiger partial charge in [-0.1, -0.05) is 19.9 Å². The number of amidine groups is 1. The fourth-order valence-electron chi connectivity index (χ4n) is 4.75. The number of benzene rings is 1. The molecular formula is C25H31N7O4S. The number of hydrogen-bond donors (Lipinski definition) is 4. The van der Waals surface area contributed by atoms with Gasteiger partial charge in [0.2, 0.25) is 0 Å². The van der Waals surface area contributed by atoms with Crippen LogP contribution >= 0.6 is 11.0 Å². The Kier molecular flexibility index (Phi) is 6.80. The van der Waals surface area contributed by atoms with Gasteiger partial charge in [0.05, 0.1) is 17.9 Å². The minimum absolute atomic E-state index is 0.0109. The number of amides is 1. The van der Waals surface area contributed by atoms with E-state index in [4.69, 9.17) is 10.5 Å². The number of likely N-dealkylation sites (tertiary alicyclic amines) is 1. The number of nitrogens with zero attached hydrogens (tertiary/aromatic N) is 5. The van der Waals surface area contributed by atoms with Gasteiger partial charge in [-0.3, -0.25) is 23.2 Å². The van der Waals surface area contributed by atoms with Crippen LogP contribution in [0.25, 0.3) is 5.82 Å². The van der Waals surface area contributed by atoms with Gasteiger partial charge in [-0.2, -0.15) is 0 Å². The van der Waals surface area contributed by atoms with Gasteiger partial charge in [-0.05, 0) is 48.1 Å². The summed E-state index contributed by atoms with van der Waals surface area (Å²) in [5, 5.41) is 0. The lowest BCUT2D eigenvalue weighted by atomic mass is 9.98. The molecule has 1 aromatic carbocycles. The smallest absolute Gasteiger partial charge is 0.254 e. The zero-order valence-corrected chi connectivity index (χ0v) is 21.6. The summed E-state index contributed by atoms with van der Waals surface area (Å²) in [6.45, 7) is 5.77. The third-order valence-electron chi connectivity index (χ3n) is 6.46. The van der Waals surface area contributed by atoms with E-state index in [0.29, 0.717) is 48.1 Å². The molecule has 1 amide bonds. The summed E-state index contributed by atoms with van der Waals surface area (Å²) in [5.74, 6) is 2.39. The lowest BCUT2D eigenvalue weighted by Gasteiger charge is -2.34. The van der Waals surface area contributed by atoms with E-state index in [-0.39, 0.29) is 23.6 Å². The zero-order chi connectivity index (χ0) is 26.2. The molecule has 0 aliphatic carbocycles. The highest BCUT2D eigenvalue weighted by atomic mass is 32.3. The first-order valence-electron chi connectivity index (χ1n) is 12.2. The molecule has 3 aromatic rings. The van der Waals surface area contributed by atoms with Crippen LogP contribution in [-0.2, 0) is 0 Å². The summed E-state index contributed by atoms with van der Waals surface area (Å²) in [4.78, 5) is 24.1. The normalized spacial score (nSPS) is 19.5. The third kappa shape index (κ3) is 5.26. The highest BCUT2D eigenvalue weighted by molar-refractivity contribution is 8.24. The van der Waals surface area contributed by atoms with Crippen molar-refractivity contribution in [2.24, 2.45) is 16.0 Å². The second-order valence-corrected chi connectivity index (χ2v) is 11.0. The van der Waals surface area contributed by atoms with Gasteiger partial charge in [-0.25, -0.2) is 9.97 Å². The van der Waals surface area contributed by atoms with Crippen molar-refractivity contribution in [3.05, 3.63) is 65.9 Å². The molecule has 2 aliphatic heterocycles. The molecule has 196 valence electrons. The van der Waals surface area contributed by atoms with Gasteiger partial charge >= 0.3 is 0 Å². The first-order valence-corrected chi connectivity index (χ1v) is 13.7. The molecule has 2 aromatic heterocycles. The van der Waals surface area contributed by atoms with Crippen LogP contribution in [0, 0.1) is 5.92 Å². The number of anilines is 1. The second kappa shape index (κ2) is 10.0. The predicted octanol–water partition coefficient (Wildman–Crippen LogP) is 4.03. The van der Waals surface area contributed by atoms with E-state index < -0.39 is 11.0 Å². The number of carbonyl (C=O) groups is 1. The minimum atomic E-state index is -3.36. The molecule has 1 saturated heterocycles. The molecule has 1 fully saturated rings. The van der Waals surface area contributed by atoms with E-state index >= 15 is 0 Å². The number of carbonyl (C=O) groups excluding carboxylic acids is 1. The van der Waals surface area contributed by atoms with Crippen LogP contribution in [0.1, 0.15) is 54.4 Å². The molecule has 0 unspecified atom stereocenters. The minimum Gasteiger partial charge on any atom is -0.492 e. The van der Waals surface area contributed by atoms with Crippen LogP contribution in [-0.4, -0.2) is 60.0 Å². The van der Waals surface area contributed by atoms with Gasteiger partial charge in [0.1, 0.15) is 17.4 Å². The maximum atomic E-state index is 13.4. The topological polar surface area (TPSA) is 151 Å². The Morgan fingerprint density at radius 3 is 2.92 bits per heavy atom. The van der Waals surface area contributed by atoms with Crippen molar-refractivity contribution in [2.75, 3.05) is 24.4 Å². The number of piperidine rings is 1. The van der Waals surface area contributed by atoms with Crippen LogP contribution in [0.5, 0.6) is 5.75 Å². The molecule has 4 heterocycles. The standard InChI is InChI=1S/C25H31N7O4S/c1-16(2)24-28-10-12-32(24)21-13-18(8-9-27-21)25(33)31-11-4-5-17(14-31)15-36-20-7-3-6-19-22(20)23(26)30-37(34,35)29-19/h3,6-10,12-13,16-17,29,34-35H,4-5,11,14-15H2,1-2H3,(H2,26,30)/t17-/m0/s1. The fraction of sp³-hybridized carbons (Fsp3) is 0.360. The Morgan fingerprint density at radius 2 is 2.11 bits per heavy atom. The van der Waals surface area contributed by atoms with Gasteiger partial charge in [-0.15, -0.1) is 4.40 Å². The number of rotatable bonds is 6. The summed E-state index contributed by atoms with van der Waals surface area (Å²) in [6.07, 6.45) is 7.05. The molecule has 11 nitrogen and oxygen atoms in total. The van der Waals surface area contributed by atoms with E-state index in [1.54, 1.807) is 36.7 Å². The van der Waals surface area contributed by atoms with Gasteiger partial charge in [0.15, 0.2) is 5.84 Å². The maximum Gasteiger partial charge on any atom is 0.254 e. The van der Waals surface area contributed by atoms with Crippen molar-refractivity contribution in [2.45, 2.75) is 32.6 Å². The molecule has 0 radical (unpaired) electrons. The number of hydrogen-bond acceptors (Lipinski definition) is 9.